The molecule has 0 aromatic rings. The topological polar surface area (TPSA) is 84.2 Å². The molecule has 1 rings (SSSR count). The van der Waals surface area contributed by atoms with Gasteiger partial charge >= 0.3 is 0 Å². The molecule has 2 amide bonds. The number of hydrogen-bond acceptors (Lipinski definition) is 3. The minimum Gasteiger partial charge on any atom is -0.354 e. The van der Waals surface area contributed by atoms with E-state index in [0.717, 1.165) is 6.42 Å². The molecule has 1 aliphatic heterocycles. The number of carbonyl (C=O) groups excluding carboxylic acids is 2. The summed E-state index contributed by atoms with van der Waals surface area (Å²) < 4.78 is 0. The second-order valence-electron chi connectivity index (χ2n) is 4.73. The van der Waals surface area contributed by atoms with Crippen LogP contribution < -0.4 is 16.4 Å². The average Bonchev–Trinajstić information content (AvgIpc) is 2.20. The molecule has 4 N–H and O–H groups in total. The average molecular weight is 227 g/mol. The highest BCUT2D eigenvalue weighted by molar-refractivity contribution is 5.89. The zero-order chi connectivity index (χ0) is 12.1. The number of amides is 2. The van der Waals surface area contributed by atoms with Crippen LogP contribution in [0.2, 0.25) is 0 Å². The van der Waals surface area contributed by atoms with Crippen molar-refractivity contribution in [3.05, 3.63) is 0 Å². The van der Waals surface area contributed by atoms with Crippen LogP contribution in [0.5, 0.6) is 0 Å². The van der Waals surface area contributed by atoms with Gasteiger partial charge in [0.2, 0.25) is 11.8 Å². The smallest absolute Gasteiger partial charge is 0.242 e. The molecule has 5 heteroatoms. The summed E-state index contributed by atoms with van der Waals surface area (Å²) in [6.45, 7) is 4.73. The summed E-state index contributed by atoms with van der Waals surface area (Å²) in [5.74, 6) is 0.0491. The first kappa shape index (κ1) is 13.0. The first-order valence-corrected chi connectivity index (χ1v) is 5.84. The van der Waals surface area contributed by atoms with E-state index >= 15 is 0 Å². The maximum Gasteiger partial charge on any atom is 0.242 e. The summed E-state index contributed by atoms with van der Waals surface area (Å²) in [4.78, 5) is 23.1. The van der Waals surface area contributed by atoms with Gasteiger partial charge in [-0.1, -0.05) is 13.8 Å². The van der Waals surface area contributed by atoms with E-state index in [1.54, 1.807) is 0 Å². The molecule has 0 radical (unpaired) electrons. The molecule has 0 aromatic carbocycles. The lowest BCUT2D eigenvalue weighted by Crippen LogP contribution is -2.54. The predicted molar refractivity (Wildman–Crippen MR) is 61.6 cm³/mol. The lowest BCUT2D eigenvalue weighted by atomic mass is 10.0. The molecule has 1 unspecified atom stereocenters. The number of hydrogen-bond donors (Lipinski definition) is 3. The van der Waals surface area contributed by atoms with Crippen molar-refractivity contribution in [3.63, 3.8) is 0 Å². The largest absolute Gasteiger partial charge is 0.354 e. The Labute approximate surface area is 96.1 Å². The zero-order valence-corrected chi connectivity index (χ0v) is 9.95. The quantitative estimate of drug-likeness (QED) is 0.619. The van der Waals surface area contributed by atoms with E-state index < -0.39 is 12.1 Å². The minimum absolute atomic E-state index is 0.101. The molecule has 0 aliphatic carbocycles. The van der Waals surface area contributed by atoms with Crippen LogP contribution in [-0.4, -0.2) is 30.4 Å². The van der Waals surface area contributed by atoms with Crippen molar-refractivity contribution < 1.29 is 9.59 Å². The number of nitrogens with two attached hydrogens (primary N) is 1. The van der Waals surface area contributed by atoms with Gasteiger partial charge < -0.3 is 16.4 Å². The Bertz CT molecular complexity index is 266. The molecule has 5 nitrogen and oxygen atoms in total. The van der Waals surface area contributed by atoms with Crippen LogP contribution in [0.4, 0.5) is 0 Å². The van der Waals surface area contributed by atoms with Gasteiger partial charge in [-0.25, -0.2) is 0 Å². The van der Waals surface area contributed by atoms with Crippen LogP contribution >= 0.6 is 0 Å². The molecular formula is C11H21N3O2. The Balaban J connectivity index is 2.40. The van der Waals surface area contributed by atoms with Gasteiger partial charge in [0.15, 0.2) is 0 Å². The number of nitrogens with one attached hydrogen (secondary N) is 2. The summed E-state index contributed by atoms with van der Waals surface area (Å²) in [7, 11) is 0. The van der Waals surface area contributed by atoms with Gasteiger partial charge in [-0.15, -0.1) is 0 Å². The minimum atomic E-state index is -0.519. The Kier molecular flexibility index (Phi) is 4.73. The SMILES string of the molecule is CC(C)C[C@@H](N)C(=O)NC1CCCNC1=O. The Morgan fingerprint density at radius 2 is 2.31 bits per heavy atom. The van der Waals surface area contributed by atoms with E-state index in [0.29, 0.717) is 25.3 Å². The fourth-order valence-corrected chi connectivity index (χ4v) is 1.80. The highest BCUT2D eigenvalue weighted by Gasteiger charge is 2.25. The van der Waals surface area contributed by atoms with Crippen molar-refractivity contribution in [1.29, 1.82) is 0 Å². The molecule has 0 saturated carbocycles. The number of rotatable bonds is 4. The lowest BCUT2D eigenvalue weighted by Gasteiger charge is -2.24. The maximum atomic E-state index is 11.7. The molecule has 0 bridgehead atoms. The van der Waals surface area contributed by atoms with Gasteiger partial charge in [0, 0.05) is 6.54 Å². The van der Waals surface area contributed by atoms with Crippen LogP contribution in [0.15, 0.2) is 0 Å². The third-order valence-corrected chi connectivity index (χ3v) is 2.66. The summed E-state index contributed by atoms with van der Waals surface area (Å²) in [6, 6.07) is -0.922. The third-order valence-electron chi connectivity index (χ3n) is 2.66. The molecule has 0 spiro atoms. The first-order chi connectivity index (χ1) is 7.50. The molecular weight excluding hydrogens is 206 g/mol. The molecule has 1 fully saturated rings. The Morgan fingerprint density at radius 3 is 2.88 bits per heavy atom. The predicted octanol–water partition coefficient (Wildman–Crippen LogP) is -0.245. The normalized spacial score (nSPS) is 22.8. The van der Waals surface area contributed by atoms with Gasteiger partial charge in [0.05, 0.1) is 6.04 Å². The van der Waals surface area contributed by atoms with Gasteiger partial charge in [-0.2, -0.15) is 0 Å². The van der Waals surface area contributed by atoms with E-state index in [9.17, 15) is 9.59 Å². The molecule has 1 aliphatic rings. The number of piperidine rings is 1. The van der Waals surface area contributed by atoms with Crippen molar-refractivity contribution in [2.45, 2.75) is 45.2 Å². The Hall–Kier alpha value is -1.10. The van der Waals surface area contributed by atoms with Gasteiger partial charge in [0.1, 0.15) is 6.04 Å². The fraction of sp³-hybridized carbons (Fsp3) is 0.818. The zero-order valence-electron chi connectivity index (χ0n) is 9.95. The third kappa shape index (κ3) is 3.81. The van der Waals surface area contributed by atoms with Crippen molar-refractivity contribution in [1.82, 2.24) is 10.6 Å². The van der Waals surface area contributed by atoms with Crippen molar-refractivity contribution in [2.75, 3.05) is 6.54 Å². The summed E-state index contributed by atoms with van der Waals surface area (Å²) in [5.41, 5.74) is 5.74. The molecule has 1 saturated heterocycles. The molecule has 2 atom stereocenters. The van der Waals surface area contributed by atoms with Crippen LogP contribution in [0.1, 0.15) is 33.1 Å². The molecule has 16 heavy (non-hydrogen) atoms. The number of carbonyl (C=O) groups is 2. The van der Waals surface area contributed by atoms with Crippen LogP contribution in [0.25, 0.3) is 0 Å². The second-order valence-corrected chi connectivity index (χ2v) is 4.73. The van der Waals surface area contributed by atoms with E-state index in [-0.39, 0.29) is 11.8 Å². The monoisotopic (exact) mass is 227 g/mol. The standard InChI is InChI=1S/C11H21N3O2/c1-7(2)6-8(12)10(15)14-9-4-3-5-13-11(9)16/h7-9H,3-6,12H2,1-2H3,(H,13,16)(H,14,15)/t8-,9?/m1/s1. The fourth-order valence-electron chi connectivity index (χ4n) is 1.80. The van der Waals surface area contributed by atoms with Crippen LogP contribution in [-0.2, 0) is 9.59 Å². The van der Waals surface area contributed by atoms with Crippen molar-refractivity contribution in [3.8, 4) is 0 Å². The Morgan fingerprint density at radius 1 is 1.62 bits per heavy atom. The van der Waals surface area contributed by atoms with Crippen molar-refractivity contribution >= 4 is 11.8 Å². The van der Waals surface area contributed by atoms with E-state index in [2.05, 4.69) is 10.6 Å². The van der Waals surface area contributed by atoms with Gasteiger partial charge in [-0.3, -0.25) is 9.59 Å². The van der Waals surface area contributed by atoms with E-state index in [4.69, 9.17) is 5.73 Å². The van der Waals surface area contributed by atoms with Crippen LogP contribution in [0, 0.1) is 5.92 Å². The lowest BCUT2D eigenvalue weighted by molar-refractivity contribution is -0.130. The molecule has 0 aromatic heterocycles. The summed E-state index contributed by atoms with van der Waals surface area (Å²) in [5, 5.41) is 5.42. The van der Waals surface area contributed by atoms with E-state index in [1.165, 1.54) is 0 Å². The summed E-state index contributed by atoms with van der Waals surface area (Å²) in [6.07, 6.45) is 2.24. The first-order valence-electron chi connectivity index (χ1n) is 5.84. The van der Waals surface area contributed by atoms with Gasteiger partial charge in [-0.05, 0) is 25.2 Å². The van der Waals surface area contributed by atoms with E-state index in [1.807, 2.05) is 13.8 Å². The maximum absolute atomic E-state index is 11.7. The summed E-state index contributed by atoms with van der Waals surface area (Å²) >= 11 is 0. The highest BCUT2D eigenvalue weighted by Crippen LogP contribution is 2.06. The molecule has 92 valence electrons. The van der Waals surface area contributed by atoms with Gasteiger partial charge in [0.25, 0.3) is 0 Å². The van der Waals surface area contributed by atoms with Crippen molar-refractivity contribution in [2.24, 2.45) is 11.7 Å². The highest BCUT2D eigenvalue weighted by atomic mass is 16.2. The molecule has 1 heterocycles. The van der Waals surface area contributed by atoms with Crippen LogP contribution in [0.3, 0.4) is 0 Å². The second kappa shape index (κ2) is 5.84.